The van der Waals surface area contributed by atoms with E-state index in [1.807, 2.05) is 36.4 Å². The number of fused-ring (bicyclic) bond motifs is 1. The maximum Gasteiger partial charge on any atom is 0.328 e. The lowest BCUT2D eigenvalue weighted by Gasteiger charge is -2.06. The fourth-order valence-electron chi connectivity index (χ4n) is 1.82. The molecule has 3 nitrogen and oxygen atoms in total. The molecule has 0 aliphatic carbocycles. The van der Waals surface area contributed by atoms with Crippen LogP contribution in [-0.2, 0) is 4.79 Å². The molecule has 0 unspecified atom stereocenters. The van der Waals surface area contributed by atoms with Gasteiger partial charge in [0.25, 0.3) is 0 Å². The molecular weight excluding hydrogens is 240 g/mol. The van der Waals surface area contributed by atoms with Gasteiger partial charge in [0.1, 0.15) is 5.75 Å². The summed E-state index contributed by atoms with van der Waals surface area (Å²) in [7, 11) is 0. The summed E-state index contributed by atoms with van der Waals surface area (Å²) >= 11 is 0. The fraction of sp³-hybridized carbons (Fsp3) is 0.188. The number of hydrogen-bond donors (Lipinski definition) is 1. The number of carboxylic acid groups (broad SMARTS) is 1. The molecule has 2 aromatic carbocycles. The van der Waals surface area contributed by atoms with Crippen LogP contribution in [0, 0.1) is 0 Å². The Morgan fingerprint density at radius 2 is 1.95 bits per heavy atom. The first-order valence-electron chi connectivity index (χ1n) is 6.26. The number of ether oxygens (including phenoxy) is 1. The van der Waals surface area contributed by atoms with Crippen molar-refractivity contribution in [2.45, 2.75) is 13.3 Å². The molecule has 0 spiro atoms. The number of carboxylic acids is 1. The first-order chi connectivity index (χ1) is 9.19. The minimum atomic E-state index is -0.941. The number of hydrogen-bond acceptors (Lipinski definition) is 2. The second kappa shape index (κ2) is 6.05. The van der Waals surface area contributed by atoms with Crippen LogP contribution in [0.15, 0.2) is 42.5 Å². The van der Waals surface area contributed by atoms with E-state index in [2.05, 4.69) is 6.92 Å². The maximum atomic E-state index is 10.5. The number of carbonyl (C=O) groups is 1. The minimum absolute atomic E-state index is 0.713. The zero-order chi connectivity index (χ0) is 13.7. The van der Waals surface area contributed by atoms with Gasteiger partial charge in [-0.15, -0.1) is 0 Å². The van der Waals surface area contributed by atoms with Crippen molar-refractivity contribution < 1.29 is 14.6 Å². The first-order valence-corrected chi connectivity index (χ1v) is 6.26. The molecule has 98 valence electrons. The van der Waals surface area contributed by atoms with Gasteiger partial charge in [-0.05, 0) is 47.0 Å². The Kier molecular flexibility index (Phi) is 4.18. The number of rotatable bonds is 5. The Labute approximate surface area is 112 Å². The minimum Gasteiger partial charge on any atom is -0.494 e. The van der Waals surface area contributed by atoms with Crippen molar-refractivity contribution in [3.63, 3.8) is 0 Å². The Morgan fingerprint density at radius 1 is 1.21 bits per heavy atom. The molecule has 0 saturated heterocycles. The molecule has 0 heterocycles. The summed E-state index contributed by atoms with van der Waals surface area (Å²) in [4.78, 5) is 10.5. The molecule has 0 amide bonds. The van der Waals surface area contributed by atoms with E-state index in [1.165, 1.54) is 0 Å². The Balaban J connectivity index is 2.27. The van der Waals surface area contributed by atoms with Crippen molar-refractivity contribution >= 4 is 22.8 Å². The lowest BCUT2D eigenvalue weighted by atomic mass is 10.1. The Bertz CT molecular complexity index is 614. The van der Waals surface area contributed by atoms with Crippen LogP contribution in [0.2, 0.25) is 0 Å². The van der Waals surface area contributed by atoms with E-state index >= 15 is 0 Å². The van der Waals surface area contributed by atoms with Gasteiger partial charge in [-0.3, -0.25) is 0 Å². The highest BCUT2D eigenvalue weighted by Crippen LogP contribution is 2.22. The molecule has 19 heavy (non-hydrogen) atoms. The van der Waals surface area contributed by atoms with Crippen LogP contribution in [0.3, 0.4) is 0 Å². The monoisotopic (exact) mass is 256 g/mol. The third kappa shape index (κ3) is 3.58. The van der Waals surface area contributed by atoms with Crippen molar-refractivity contribution in [1.29, 1.82) is 0 Å². The molecule has 0 radical (unpaired) electrons. The highest BCUT2D eigenvalue weighted by molar-refractivity contribution is 5.89. The van der Waals surface area contributed by atoms with E-state index in [9.17, 15) is 4.79 Å². The molecule has 0 aliphatic heterocycles. The van der Waals surface area contributed by atoms with Crippen LogP contribution in [-0.4, -0.2) is 17.7 Å². The summed E-state index contributed by atoms with van der Waals surface area (Å²) in [6.07, 6.45) is 3.71. The summed E-state index contributed by atoms with van der Waals surface area (Å²) in [5, 5.41) is 10.8. The second-order valence-corrected chi connectivity index (χ2v) is 4.29. The smallest absolute Gasteiger partial charge is 0.328 e. The van der Waals surface area contributed by atoms with Gasteiger partial charge in [0, 0.05) is 6.08 Å². The quantitative estimate of drug-likeness (QED) is 0.829. The largest absolute Gasteiger partial charge is 0.494 e. The highest BCUT2D eigenvalue weighted by Gasteiger charge is 1.98. The standard InChI is InChI=1S/C16H16O3/c1-2-9-19-15-7-6-13-10-12(4-8-16(17)18)3-5-14(13)11-15/h3-8,10-11H,2,9H2,1H3,(H,17,18). The van der Waals surface area contributed by atoms with Gasteiger partial charge in [-0.25, -0.2) is 4.79 Å². The molecule has 0 aliphatic rings. The topological polar surface area (TPSA) is 46.5 Å². The molecule has 0 saturated carbocycles. The van der Waals surface area contributed by atoms with Crippen LogP contribution in [0.5, 0.6) is 5.75 Å². The van der Waals surface area contributed by atoms with Crippen molar-refractivity contribution in [2.24, 2.45) is 0 Å². The summed E-state index contributed by atoms with van der Waals surface area (Å²) in [6.45, 7) is 2.78. The number of aliphatic carboxylic acids is 1. The van der Waals surface area contributed by atoms with E-state index in [1.54, 1.807) is 6.08 Å². The Morgan fingerprint density at radius 3 is 2.68 bits per heavy atom. The zero-order valence-corrected chi connectivity index (χ0v) is 10.8. The lowest BCUT2D eigenvalue weighted by Crippen LogP contribution is -1.94. The first kappa shape index (κ1) is 13.1. The summed E-state index contributed by atoms with van der Waals surface area (Å²) in [5.41, 5.74) is 0.872. The van der Waals surface area contributed by atoms with Gasteiger partial charge in [0.15, 0.2) is 0 Å². The predicted molar refractivity (Wildman–Crippen MR) is 76.4 cm³/mol. The van der Waals surface area contributed by atoms with Gasteiger partial charge in [-0.1, -0.05) is 25.1 Å². The summed E-state index contributed by atoms with van der Waals surface area (Å²) < 4.78 is 5.58. The van der Waals surface area contributed by atoms with Crippen LogP contribution in [0.25, 0.3) is 16.8 Å². The summed E-state index contributed by atoms with van der Waals surface area (Å²) in [5.74, 6) is -0.0772. The van der Waals surface area contributed by atoms with Crippen molar-refractivity contribution in [3.8, 4) is 5.75 Å². The fourth-order valence-corrected chi connectivity index (χ4v) is 1.82. The Hall–Kier alpha value is -2.29. The summed E-state index contributed by atoms with van der Waals surface area (Å²) in [6, 6.07) is 11.7. The number of benzene rings is 2. The maximum absolute atomic E-state index is 10.5. The van der Waals surface area contributed by atoms with Gasteiger partial charge in [0.05, 0.1) is 6.61 Å². The second-order valence-electron chi connectivity index (χ2n) is 4.29. The lowest BCUT2D eigenvalue weighted by molar-refractivity contribution is -0.131. The average molecular weight is 256 g/mol. The molecule has 1 N–H and O–H groups in total. The van der Waals surface area contributed by atoms with Gasteiger partial charge in [0.2, 0.25) is 0 Å². The molecule has 2 rings (SSSR count). The van der Waals surface area contributed by atoms with E-state index in [0.717, 1.165) is 34.6 Å². The van der Waals surface area contributed by atoms with Crippen LogP contribution < -0.4 is 4.74 Å². The van der Waals surface area contributed by atoms with Gasteiger partial charge < -0.3 is 9.84 Å². The third-order valence-corrected chi connectivity index (χ3v) is 2.73. The SMILES string of the molecule is CCCOc1ccc2cc(C=CC(=O)O)ccc2c1. The van der Waals surface area contributed by atoms with Crippen molar-refractivity contribution in [3.05, 3.63) is 48.0 Å². The van der Waals surface area contributed by atoms with Crippen LogP contribution in [0.4, 0.5) is 0 Å². The molecular formula is C16H16O3. The van der Waals surface area contributed by atoms with Crippen LogP contribution >= 0.6 is 0 Å². The van der Waals surface area contributed by atoms with E-state index in [-0.39, 0.29) is 0 Å². The van der Waals surface area contributed by atoms with Crippen molar-refractivity contribution in [1.82, 2.24) is 0 Å². The van der Waals surface area contributed by atoms with E-state index in [0.29, 0.717) is 6.61 Å². The molecule has 0 aromatic heterocycles. The average Bonchev–Trinajstić information content (AvgIpc) is 2.42. The highest BCUT2D eigenvalue weighted by atomic mass is 16.5. The van der Waals surface area contributed by atoms with Gasteiger partial charge in [-0.2, -0.15) is 0 Å². The van der Waals surface area contributed by atoms with E-state index < -0.39 is 5.97 Å². The molecule has 3 heteroatoms. The molecule has 0 fully saturated rings. The van der Waals surface area contributed by atoms with E-state index in [4.69, 9.17) is 9.84 Å². The molecule has 0 atom stereocenters. The normalized spacial score (nSPS) is 11.0. The van der Waals surface area contributed by atoms with Crippen LogP contribution in [0.1, 0.15) is 18.9 Å². The third-order valence-electron chi connectivity index (χ3n) is 2.73. The predicted octanol–water partition coefficient (Wildman–Crippen LogP) is 3.73. The molecule has 2 aromatic rings. The molecule has 0 bridgehead atoms. The zero-order valence-electron chi connectivity index (χ0n) is 10.8. The van der Waals surface area contributed by atoms with Gasteiger partial charge >= 0.3 is 5.97 Å². The van der Waals surface area contributed by atoms with Crippen molar-refractivity contribution in [2.75, 3.05) is 6.61 Å².